The van der Waals surface area contributed by atoms with Crippen molar-refractivity contribution in [2.45, 2.75) is 25.4 Å². The number of anilines is 1. The van der Waals surface area contributed by atoms with E-state index in [4.69, 9.17) is 21.1 Å². The van der Waals surface area contributed by atoms with Gasteiger partial charge in [-0.1, -0.05) is 11.6 Å². The molecule has 1 aliphatic carbocycles. The maximum atomic E-state index is 6.02. The second-order valence-electron chi connectivity index (χ2n) is 4.60. The molecule has 0 aromatic carbocycles. The lowest BCUT2D eigenvalue weighted by molar-refractivity contribution is 0.113. The summed E-state index contributed by atoms with van der Waals surface area (Å²) < 4.78 is 11.1. The molecule has 1 saturated heterocycles. The Kier molecular flexibility index (Phi) is 5.82. The van der Waals surface area contributed by atoms with Crippen molar-refractivity contribution in [2.24, 2.45) is 5.73 Å². The highest BCUT2D eigenvalue weighted by atomic mass is 35.5. The largest absolute Gasteiger partial charge is 0.474 e. The molecule has 1 saturated carbocycles. The highest BCUT2D eigenvalue weighted by Gasteiger charge is 2.21. The van der Waals surface area contributed by atoms with Crippen LogP contribution in [0.1, 0.15) is 19.3 Å². The van der Waals surface area contributed by atoms with Gasteiger partial charge in [0.1, 0.15) is 11.3 Å². The molecular formula is C13H21ClN4O2. The van der Waals surface area contributed by atoms with Crippen LogP contribution in [0.3, 0.4) is 0 Å². The number of hydrogen-bond acceptors (Lipinski definition) is 6. The molecular weight excluding hydrogens is 280 g/mol. The summed E-state index contributed by atoms with van der Waals surface area (Å²) in [4.78, 5) is 10.8. The Morgan fingerprint density at radius 3 is 2.60 bits per heavy atom. The molecule has 2 heterocycles. The van der Waals surface area contributed by atoms with Crippen molar-refractivity contribution < 1.29 is 9.47 Å². The first-order valence-electron chi connectivity index (χ1n) is 6.93. The Morgan fingerprint density at radius 2 is 2.00 bits per heavy atom. The zero-order chi connectivity index (χ0) is 14.4. The third-order valence-electron chi connectivity index (χ3n) is 3.29. The molecule has 6 nitrogen and oxygen atoms in total. The Labute approximate surface area is 124 Å². The summed E-state index contributed by atoms with van der Waals surface area (Å²) in [5.41, 5.74) is 4.50. The van der Waals surface area contributed by atoms with Crippen molar-refractivity contribution in [1.82, 2.24) is 9.97 Å². The Morgan fingerprint density at radius 1 is 1.30 bits per heavy atom. The fourth-order valence-electron chi connectivity index (χ4n) is 2.01. The van der Waals surface area contributed by atoms with Crippen LogP contribution in [0.15, 0.2) is 6.07 Å². The van der Waals surface area contributed by atoms with Crippen LogP contribution in [0.5, 0.6) is 5.88 Å². The fourth-order valence-corrected chi connectivity index (χ4v) is 2.18. The maximum Gasteiger partial charge on any atom is 0.230 e. The lowest BCUT2D eigenvalue weighted by atomic mass is 9.96. The minimum absolute atomic E-state index is 0.300. The number of nitrogens with zero attached hydrogens (tertiary/aromatic N) is 3. The van der Waals surface area contributed by atoms with E-state index in [9.17, 15) is 0 Å². The lowest BCUT2D eigenvalue weighted by Crippen LogP contribution is -2.37. The standard InChI is InChI=1S/C12H16ClN3O2.CH5N/c13-10-8-11(18-9-2-1-3-9)15-12(14-10)16-4-6-17-7-5-16;1-2/h8-9H,1-7H2;2H2,1H3. The van der Waals surface area contributed by atoms with Crippen molar-refractivity contribution in [2.75, 3.05) is 38.3 Å². The van der Waals surface area contributed by atoms with Gasteiger partial charge in [-0.05, 0) is 26.3 Å². The number of rotatable bonds is 3. The molecule has 2 fully saturated rings. The van der Waals surface area contributed by atoms with Crippen molar-refractivity contribution >= 4 is 17.5 Å². The van der Waals surface area contributed by atoms with Gasteiger partial charge in [-0.15, -0.1) is 0 Å². The Hall–Kier alpha value is -1.11. The smallest absolute Gasteiger partial charge is 0.230 e. The second kappa shape index (κ2) is 7.61. The van der Waals surface area contributed by atoms with Crippen LogP contribution in [0, 0.1) is 0 Å². The summed E-state index contributed by atoms with van der Waals surface area (Å²) in [7, 11) is 1.50. The highest BCUT2D eigenvalue weighted by Crippen LogP contribution is 2.26. The van der Waals surface area contributed by atoms with Gasteiger partial charge in [0.15, 0.2) is 0 Å². The molecule has 20 heavy (non-hydrogen) atoms. The monoisotopic (exact) mass is 300 g/mol. The third-order valence-corrected chi connectivity index (χ3v) is 3.49. The molecule has 0 spiro atoms. The molecule has 0 radical (unpaired) electrons. The second-order valence-corrected chi connectivity index (χ2v) is 4.99. The molecule has 112 valence electrons. The van der Waals surface area contributed by atoms with Crippen LogP contribution in [0.2, 0.25) is 5.15 Å². The first kappa shape index (κ1) is 15.3. The van der Waals surface area contributed by atoms with Gasteiger partial charge in [0.25, 0.3) is 0 Å². The van der Waals surface area contributed by atoms with Crippen molar-refractivity contribution in [1.29, 1.82) is 0 Å². The Balaban J connectivity index is 0.000000704. The minimum Gasteiger partial charge on any atom is -0.474 e. The van der Waals surface area contributed by atoms with Gasteiger partial charge in [0.05, 0.1) is 13.2 Å². The molecule has 7 heteroatoms. The molecule has 2 N–H and O–H groups in total. The molecule has 0 unspecified atom stereocenters. The van der Waals surface area contributed by atoms with Crippen LogP contribution in [-0.4, -0.2) is 49.4 Å². The van der Waals surface area contributed by atoms with Gasteiger partial charge in [-0.2, -0.15) is 4.98 Å². The Bertz CT molecular complexity index is 423. The van der Waals surface area contributed by atoms with E-state index in [-0.39, 0.29) is 0 Å². The summed E-state index contributed by atoms with van der Waals surface area (Å²) in [5, 5.41) is 0.431. The van der Waals surface area contributed by atoms with Crippen LogP contribution in [0.4, 0.5) is 5.95 Å². The summed E-state index contributed by atoms with van der Waals surface area (Å²) in [6, 6.07) is 1.68. The summed E-state index contributed by atoms with van der Waals surface area (Å²) in [5.74, 6) is 1.22. The summed E-state index contributed by atoms with van der Waals surface area (Å²) >= 11 is 6.02. The number of aromatic nitrogens is 2. The van der Waals surface area contributed by atoms with Crippen LogP contribution in [-0.2, 0) is 4.74 Å². The normalized spacial score (nSPS) is 18.9. The molecule has 0 bridgehead atoms. The SMILES string of the molecule is CN.Clc1cc(OC2CCC2)nc(N2CCOCC2)n1. The van der Waals surface area contributed by atoms with E-state index in [2.05, 4.69) is 20.6 Å². The molecule has 3 rings (SSSR count). The van der Waals surface area contributed by atoms with Crippen LogP contribution in [0.25, 0.3) is 0 Å². The zero-order valence-electron chi connectivity index (χ0n) is 11.7. The van der Waals surface area contributed by atoms with Gasteiger partial charge in [-0.25, -0.2) is 4.98 Å². The van der Waals surface area contributed by atoms with Gasteiger partial charge in [-0.3, -0.25) is 0 Å². The number of halogens is 1. The van der Waals surface area contributed by atoms with Gasteiger partial charge in [0.2, 0.25) is 11.8 Å². The molecule has 1 aliphatic heterocycles. The lowest BCUT2D eigenvalue weighted by Gasteiger charge is -2.28. The number of hydrogen-bond donors (Lipinski definition) is 1. The summed E-state index contributed by atoms with van der Waals surface area (Å²) in [6.07, 6.45) is 3.75. The average Bonchev–Trinajstić information content (AvgIpc) is 2.46. The summed E-state index contributed by atoms with van der Waals surface area (Å²) in [6.45, 7) is 3.00. The van der Waals surface area contributed by atoms with E-state index < -0.39 is 0 Å². The van der Waals surface area contributed by atoms with Gasteiger partial charge < -0.3 is 20.1 Å². The van der Waals surface area contributed by atoms with Gasteiger partial charge >= 0.3 is 0 Å². The number of nitrogens with two attached hydrogens (primary N) is 1. The van der Waals surface area contributed by atoms with Crippen molar-refractivity contribution in [3.63, 3.8) is 0 Å². The van der Waals surface area contributed by atoms with E-state index >= 15 is 0 Å². The predicted molar refractivity (Wildman–Crippen MR) is 78.5 cm³/mol. The quantitative estimate of drug-likeness (QED) is 0.852. The molecule has 0 atom stereocenters. The van der Waals surface area contributed by atoms with E-state index in [1.54, 1.807) is 6.07 Å². The fraction of sp³-hybridized carbons (Fsp3) is 0.692. The van der Waals surface area contributed by atoms with Crippen molar-refractivity contribution in [3.05, 3.63) is 11.2 Å². The molecule has 0 amide bonds. The van der Waals surface area contributed by atoms with Crippen molar-refractivity contribution in [3.8, 4) is 5.88 Å². The number of morpholine rings is 1. The maximum absolute atomic E-state index is 6.02. The minimum atomic E-state index is 0.300. The third kappa shape index (κ3) is 3.94. The molecule has 1 aromatic heterocycles. The predicted octanol–water partition coefficient (Wildman–Crippen LogP) is 1.47. The van der Waals surface area contributed by atoms with E-state index in [1.165, 1.54) is 13.5 Å². The van der Waals surface area contributed by atoms with Crippen LogP contribution < -0.4 is 15.4 Å². The van der Waals surface area contributed by atoms with E-state index in [0.29, 0.717) is 36.3 Å². The zero-order valence-corrected chi connectivity index (χ0v) is 12.5. The average molecular weight is 301 g/mol. The first-order valence-corrected chi connectivity index (χ1v) is 7.31. The highest BCUT2D eigenvalue weighted by molar-refractivity contribution is 6.29. The number of ether oxygens (including phenoxy) is 2. The van der Waals surface area contributed by atoms with E-state index in [1.807, 2.05) is 0 Å². The molecule has 1 aromatic rings. The molecule has 2 aliphatic rings. The van der Waals surface area contributed by atoms with Crippen LogP contribution >= 0.6 is 11.6 Å². The van der Waals surface area contributed by atoms with E-state index in [0.717, 1.165) is 25.9 Å². The first-order chi connectivity index (χ1) is 9.81. The topological polar surface area (TPSA) is 73.5 Å². The van der Waals surface area contributed by atoms with Gasteiger partial charge in [0, 0.05) is 19.2 Å².